The first-order chi connectivity index (χ1) is 5.74. The number of hydrogen-bond donors (Lipinski definition) is 0. The zero-order chi connectivity index (χ0) is 9.40. The van der Waals surface area contributed by atoms with Crippen molar-refractivity contribution in [3.8, 4) is 0 Å². The Morgan fingerprint density at radius 3 is 2.33 bits per heavy atom. The molecule has 0 heterocycles. The van der Waals surface area contributed by atoms with Gasteiger partial charge >= 0.3 is 78.7 Å². The van der Waals surface area contributed by atoms with Gasteiger partial charge in [-0.05, 0) is 0 Å². The first-order valence-corrected chi connectivity index (χ1v) is 5.54. The van der Waals surface area contributed by atoms with Gasteiger partial charge in [-0.3, -0.25) is 0 Å². The SMILES string of the molecule is CCC[O][Ti](=[O])[O]C(OC)OC. The second-order valence-corrected chi connectivity index (χ2v) is 3.58. The van der Waals surface area contributed by atoms with Crippen LogP contribution in [0, 0.1) is 0 Å². The zero-order valence-electron chi connectivity index (χ0n) is 7.53. The fourth-order valence-electron chi connectivity index (χ4n) is 0.490. The van der Waals surface area contributed by atoms with Crippen LogP contribution in [0.2, 0.25) is 0 Å². The van der Waals surface area contributed by atoms with Gasteiger partial charge in [-0.15, -0.1) is 0 Å². The van der Waals surface area contributed by atoms with Crippen LogP contribution in [0.25, 0.3) is 0 Å². The van der Waals surface area contributed by atoms with Crippen LogP contribution in [-0.2, 0) is 38.1 Å². The summed E-state index contributed by atoms with van der Waals surface area (Å²) in [5.74, 6) is 0. The minimum atomic E-state index is -3.07. The summed E-state index contributed by atoms with van der Waals surface area (Å²) in [4.78, 5) is 0. The van der Waals surface area contributed by atoms with Crippen LogP contribution >= 0.6 is 0 Å². The Labute approximate surface area is 79.0 Å². The average Bonchev–Trinajstić information content (AvgIpc) is 2.10. The summed E-state index contributed by atoms with van der Waals surface area (Å²) in [6.07, 6.45) is 0.812. The summed E-state index contributed by atoms with van der Waals surface area (Å²) in [7, 11) is 2.80. The van der Waals surface area contributed by atoms with Gasteiger partial charge in [-0.25, -0.2) is 0 Å². The number of methoxy groups -OCH3 is 2. The second-order valence-electron chi connectivity index (χ2n) is 1.98. The Balaban J connectivity index is 3.52. The van der Waals surface area contributed by atoms with Crippen molar-refractivity contribution in [3.63, 3.8) is 0 Å². The third-order valence-electron chi connectivity index (χ3n) is 1.00. The predicted molar refractivity (Wildman–Crippen MR) is 35.8 cm³/mol. The van der Waals surface area contributed by atoms with Crippen molar-refractivity contribution in [2.75, 3.05) is 20.8 Å². The fourth-order valence-corrected chi connectivity index (χ4v) is 1.72. The summed E-state index contributed by atoms with van der Waals surface area (Å²) in [6, 6.07) is 0. The van der Waals surface area contributed by atoms with E-state index in [9.17, 15) is 3.32 Å². The standard InChI is InChI=1S/C3H7O3.C3H7O.O.Ti/c1-5-3(4)6-2;1-2-3-4;;/h3H,1-2H3;2-3H2,1H3;;/q2*-1;;+2. The van der Waals surface area contributed by atoms with Crippen LogP contribution < -0.4 is 0 Å². The van der Waals surface area contributed by atoms with Crippen LogP contribution in [-0.4, -0.2) is 27.3 Å². The quantitative estimate of drug-likeness (QED) is 0.463. The molecule has 0 radical (unpaired) electrons. The maximum absolute atomic E-state index is 11.0. The van der Waals surface area contributed by atoms with E-state index >= 15 is 0 Å². The topological polar surface area (TPSA) is 54.0 Å². The van der Waals surface area contributed by atoms with E-state index in [1.165, 1.54) is 14.2 Å². The molecule has 0 aromatic heterocycles. The van der Waals surface area contributed by atoms with Gasteiger partial charge in [0.05, 0.1) is 0 Å². The number of hydrogen-bond acceptors (Lipinski definition) is 5. The van der Waals surface area contributed by atoms with Gasteiger partial charge in [0.15, 0.2) is 0 Å². The molecular formula is C6H14O5Ti. The Morgan fingerprint density at radius 1 is 1.33 bits per heavy atom. The van der Waals surface area contributed by atoms with Crippen LogP contribution in [0.3, 0.4) is 0 Å². The molecule has 0 rings (SSSR count). The van der Waals surface area contributed by atoms with E-state index in [2.05, 4.69) is 9.47 Å². The predicted octanol–water partition coefficient (Wildman–Crippen LogP) is 0.800. The number of ether oxygens (including phenoxy) is 2. The van der Waals surface area contributed by atoms with E-state index in [4.69, 9.17) is 6.64 Å². The molecule has 0 spiro atoms. The van der Waals surface area contributed by atoms with E-state index in [1.807, 2.05) is 6.92 Å². The first kappa shape index (κ1) is 12.4. The molecule has 0 unspecified atom stereocenters. The Kier molecular flexibility index (Phi) is 8.21. The molecule has 0 atom stereocenters. The van der Waals surface area contributed by atoms with Crippen molar-refractivity contribution >= 4 is 0 Å². The van der Waals surface area contributed by atoms with Crippen molar-refractivity contribution in [2.45, 2.75) is 19.8 Å². The molecule has 0 N–H and O–H groups in total. The summed E-state index contributed by atoms with van der Waals surface area (Å²) < 4.78 is 30.0. The van der Waals surface area contributed by atoms with E-state index in [1.54, 1.807) is 0 Å². The summed E-state index contributed by atoms with van der Waals surface area (Å²) in [6.45, 7) is 1.49. The third-order valence-corrected chi connectivity index (χ3v) is 2.29. The molecule has 0 bridgehead atoms. The van der Waals surface area contributed by atoms with Crippen LogP contribution in [0.5, 0.6) is 0 Å². The van der Waals surface area contributed by atoms with Gasteiger partial charge in [0.1, 0.15) is 0 Å². The van der Waals surface area contributed by atoms with Crippen molar-refractivity contribution < 1.29 is 38.1 Å². The monoisotopic (exact) mass is 214 g/mol. The van der Waals surface area contributed by atoms with Crippen LogP contribution in [0.1, 0.15) is 13.3 Å². The minimum absolute atomic E-state index is 0.443. The molecule has 0 aliphatic carbocycles. The second kappa shape index (κ2) is 7.98. The van der Waals surface area contributed by atoms with Gasteiger partial charge in [0.2, 0.25) is 0 Å². The molecule has 0 saturated heterocycles. The average molecular weight is 214 g/mol. The Morgan fingerprint density at radius 2 is 1.92 bits per heavy atom. The molecule has 0 aliphatic rings. The van der Waals surface area contributed by atoms with E-state index in [0.717, 1.165) is 6.42 Å². The van der Waals surface area contributed by atoms with Crippen LogP contribution in [0.15, 0.2) is 0 Å². The third kappa shape index (κ3) is 5.94. The van der Waals surface area contributed by atoms with E-state index in [0.29, 0.717) is 6.61 Å². The fraction of sp³-hybridized carbons (Fsp3) is 1.00. The molecule has 6 heteroatoms. The van der Waals surface area contributed by atoms with E-state index < -0.39 is 25.1 Å². The first-order valence-electron chi connectivity index (χ1n) is 3.63. The molecule has 0 amide bonds. The molecule has 72 valence electrons. The van der Waals surface area contributed by atoms with Crippen molar-refractivity contribution in [1.29, 1.82) is 0 Å². The molecule has 5 nitrogen and oxygen atoms in total. The van der Waals surface area contributed by atoms with Gasteiger partial charge < -0.3 is 0 Å². The Bertz CT molecular complexity index is 125. The molecule has 0 fully saturated rings. The molecule has 0 aromatic rings. The summed E-state index contributed by atoms with van der Waals surface area (Å²) in [5.41, 5.74) is 0. The van der Waals surface area contributed by atoms with Gasteiger partial charge in [-0.1, -0.05) is 0 Å². The number of rotatable bonds is 7. The Hall–Kier alpha value is 0.354. The van der Waals surface area contributed by atoms with Crippen molar-refractivity contribution in [1.82, 2.24) is 0 Å². The van der Waals surface area contributed by atoms with Gasteiger partial charge in [0.25, 0.3) is 0 Å². The van der Waals surface area contributed by atoms with Gasteiger partial charge in [0, 0.05) is 0 Å². The van der Waals surface area contributed by atoms with E-state index in [-0.39, 0.29) is 0 Å². The normalized spacial score (nSPS) is 10.7. The van der Waals surface area contributed by atoms with Gasteiger partial charge in [-0.2, -0.15) is 0 Å². The molecule has 12 heavy (non-hydrogen) atoms. The van der Waals surface area contributed by atoms with Crippen LogP contribution in [0.4, 0.5) is 0 Å². The molecule has 0 aliphatic heterocycles. The molecule has 0 aromatic carbocycles. The molecule has 0 saturated carbocycles. The van der Waals surface area contributed by atoms with Crippen molar-refractivity contribution in [3.05, 3.63) is 0 Å². The zero-order valence-corrected chi connectivity index (χ0v) is 9.09. The van der Waals surface area contributed by atoms with Crippen molar-refractivity contribution in [2.24, 2.45) is 0 Å². The molecular weight excluding hydrogens is 200 g/mol. The maximum atomic E-state index is 11.0. The summed E-state index contributed by atoms with van der Waals surface area (Å²) in [5, 5.41) is 0. The summed E-state index contributed by atoms with van der Waals surface area (Å²) >= 11 is -3.07.